The molecule has 14 nitrogen and oxygen atoms in total. The molecule has 6 aromatic carbocycles. The Hall–Kier alpha value is -9.13. The van der Waals surface area contributed by atoms with Crippen molar-refractivity contribution in [2.75, 3.05) is 28.8 Å². The molecule has 380 valence electrons. The van der Waals surface area contributed by atoms with Crippen LogP contribution in [0.15, 0.2) is 175 Å². The van der Waals surface area contributed by atoms with Crippen LogP contribution in [-0.2, 0) is 6.42 Å². The highest BCUT2D eigenvalue weighted by Gasteiger charge is 2.29. The molecule has 1 aliphatic carbocycles. The van der Waals surface area contributed by atoms with Crippen LogP contribution in [0.5, 0.6) is 11.5 Å². The molecule has 0 bridgehead atoms. The van der Waals surface area contributed by atoms with E-state index in [9.17, 15) is 9.59 Å². The Balaban J connectivity index is 0.936. The Morgan fingerprint density at radius 3 is 2.13 bits per heavy atom. The third-order valence-corrected chi connectivity index (χ3v) is 14.7. The van der Waals surface area contributed by atoms with Crippen LogP contribution in [0, 0.1) is 6.57 Å². The SMILES string of the molecule is [C-]#[N+]c1c(-c2nnc(-c3cc4cc(CCBr)c(N(c5cccnc5)c5cccc6c(OCC)cccc56)cc4oc3=O)o2)c(=O)oc2cc(N(c3cccnc3)c3cccc4cc(C5CCCCC5)ccc34)cc(OC)c12. The number of hydrogen-bond acceptors (Lipinski definition) is 13. The number of anilines is 6. The molecule has 5 heterocycles. The van der Waals surface area contributed by atoms with Gasteiger partial charge in [0.2, 0.25) is 11.6 Å². The van der Waals surface area contributed by atoms with Crippen LogP contribution in [0.1, 0.15) is 56.1 Å². The van der Waals surface area contributed by atoms with Crippen molar-refractivity contribution in [1.29, 1.82) is 0 Å². The maximum atomic E-state index is 14.3. The topological polar surface area (TPSA) is 154 Å². The Bertz CT molecular complexity index is 4210. The largest absolute Gasteiger partial charge is 0.497 e. The highest BCUT2D eigenvalue weighted by Crippen LogP contribution is 2.48. The second-order valence-corrected chi connectivity index (χ2v) is 19.6. The molecular formula is C62H48BrN7O7. The predicted molar refractivity (Wildman–Crippen MR) is 305 cm³/mol. The lowest BCUT2D eigenvalue weighted by Crippen LogP contribution is -2.14. The Kier molecular flexibility index (Phi) is 13.2. The third-order valence-electron chi connectivity index (χ3n) is 14.3. The molecule has 0 N–H and O–H groups in total. The summed E-state index contributed by atoms with van der Waals surface area (Å²) in [6, 6.07) is 41.6. The molecule has 1 aliphatic rings. The Labute approximate surface area is 450 Å². The molecule has 1 saturated carbocycles. The van der Waals surface area contributed by atoms with E-state index in [1.165, 1.54) is 44.8 Å². The summed E-state index contributed by atoms with van der Waals surface area (Å²) in [5, 5.41) is 13.9. The Morgan fingerprint density at radius 1 is 0.662 bits per heavy atom. The third kappa shape index (κ3) is 9.00. The fourth-order valence-corrected chi connectivity index (χ4v) is 11.3. The van der Waals surface area contributed by atoms with Gasteiger partial charge in [0, 0.05) is 57.5 Å². The van der Waals surface area contributed by atoms with E-state index in [4.69, 9.17) is 29.3 Å². The smallest absolute Gasteiger partial charge is 0.349 e. The molecule has 0 radical (unpaired) electrons. The standard InChI is InChI=1S/C62H48BrN7O7/c1-4-74-52-22-10-18-46-47(52)19-9-21-50(46)70(43-17-12-28-66-36-43)51-34-53-41(30-40(51)25-26-63)31-48(61(71)75-53)59-67-68-60(77-59)57-58(64-2)56-54(73-3)32-44(33-55(56)76-62(57)72)69(42-16-11-27-65-35-42)49-20-8-15-39-29-38(23-24-45(39)49)37-13-6-5-7-14-37/h8-12,15-24,27-37H,4-7,13-14,25-26H2,1,3H3. The minimum Gasteiger partial charge on any atom is -0.497 e. The lowest BCUT2D eigenvalue weighted by molar-refractivity contribution is 0.344. The zero-order chi connectivity index (χ0) is 52.6. The van der Waals surface area contributed by atoms with E-state index in [0.717, 1.165) is 61.3 Å². The van der Waals surface area contributed by atoms with Gasteiger partial charge in [-0.05, 0) is 103 Å². The lowest BCUT2D eigenvalue weighted by atomic mass is 9.83. The second kappa shape index (κ2) is 20.9. The zero-order valence-electron chi connectivity index (χ0n) is 42.0. The van der Waals surface area contributed by atoms with Crippen LogP contribution >= 0.6 is 15.9 Å². The van der Waals surface area contributed by atoms with Crippen molar-refractivity contribution in [1.82, 2.24) is 20.2 Å². The molecule has 0 spiro atoms. The number of rotatable bonds is 14. The minimum atomic E-state index is -0.901. The number of methoxy groups -OCH3 is 1. The van der Waals surface area contributed by atoms with Gasteiger partial charge in [0.25, 0.3) is 5.89 Å². The Morgan fingerprint density at radius 2 is 1.39 bits per heavy atom. The number of hydrogen-bond donors (Lipinski definition) is 0. The van der Waals surface area contributed by atoms with E-state index in [1.807, 2.05) is 90.7 Å². The van der Waals surface area contributed by atoms with Crippen LogP contribution < -0.4 is 30.5 Å². The van der Waals surface area contributed by atoms with Crippen LogP contribution in [-0.4, -0.2) is 39.2 Å². The van der Waals surface area contributed by atoms with Crippen molar-refractivity contribution in [2.24, 2.45) is 0 Å². The molecule has 0 saturated heterocycles. The highest BCUT2D eigenvalue weighted by atomic mass is 79.9. The summed E-state index contributed by atoms with van der Waals surface area (Å²) in [7, 11) is 1.49. The van der Waals surface area contributed by atoms with Crippen LogP contribution in [0.2, 0.25) is 0 Å². The minimum absolute atomic E-state index is 0.0404. The molecule has 0 unspecified atom stereocenters. The first-order chi connectivity index (χ1) is 37.8. The molecule has 0 amide bonds. The summed E-state index contributed by atoms with van der Waals surface area (Å²) in [4.78, 5) is 45.3. The zero-order valence-corrected chi connectivity index (χ0v) is 43.6. The van der Waals surface area contributed by atoms with Gasteiger partial charge in [-0.15, -0.1) is 10.2 Å². The van der Waals surface area contributed by atoms with Crippen LogP contribution in [0.3, 0.4) is 0 Å². The number of alkyl halides is 1. The van der Waals surface area contributed by atoms with E-state index in [2.05, 4.69) is 76.2 Å². The fourth-order valence-electron chi connectivity index (χ4n) is 10.9. The van der Waals surface area contributed by atoms with Crippen molar-refractivity contribution in [3.63, 3.8) is 0 Å². The molecule has 12 rings (SSSR count). The van der Waals surface area contributed by atoms with Crippen LogP contribution in [0.4, 0.5) is 39.8 Å². The van der Waals surface area contributed by atoms with Gasteiger partial charge < -0.3 is 32.5 Å². The van der Waals surface area contributed by atoms with Crippen molar-refractivity contribution >= 4 is 99.2 Å². The lowest BCUT2D eigenvalue weighted by Gasteiger charge is -2.29. The number of fused-ring (bicyclic) bond motifs is 4. The first kappa shape index (κ1) is 48.8. The van der Waals surface area contributed by atoms with Gasteiger partial charge in [0.15, 0.2) is 0 Å². The monoisotopic (exact) mass is 1080 g/mol. The number of halogens is 1. The average molecular weight is 1080 g/mol. The second-order valence-electron chi connectivity index (χ2n) is 18.8. The highest BCUT2D eigenvalue weighted by molar-refractivity contribution is 9.09. The number of nitrogens with zero attached hydrogens (tertiary/aromatic N) is 7. The molecule has 5 aromatic heterocycles. The van der Waals surface area contributed by atoms with E-state index < -0.39 is 11.3 Å². The molecule has 77 heavy (non-hydrogen) atoms. The quantitative estimate of drug-likeness (QED) is 0.0577. The predicted octanol–water partition coefficient (Wildman–Crippen LogP) is 15.6. The molecule has 1 fully saturated rings. The number of benzene rings is 6. The van der Waals surface area contributed by atoms with Gasteiger partial charge in [-0.3, -0.25) is 9.97 Å². The molecule has 0 aliphatic heterocycles. The van der Waals surface area contributed by atoms with Gasteiger partial charge in [-0.1, -0.05) is 89.8 Å². The molecule has 0 atom stereocenters. The fraction of sp³-hybridized carbons (Fsp3) is 0.177. The van der Waals surface area contributed by atoms with Gasteiger partial charge in [0.05, 0.1) is 72.2 Å². The van der Waals surface area contributed by atoms with E-state index in [1.54, 1.807) is 43.0 Å². The summed E-state index contributed by atoms with van der Waals surface area (Å²) in [6.45, 7) is 10.9. The van der Waals surface area contributed by atoms with Crippen molar-refractivity contribution in [3.05, 3.63) is 196 Å². The summed E-state index contributed by atoms with van der Waals surface area (Å²) in [5.41, 5.74) is 5.23. The van der Waals surface area contributed by atoms with Gasteiger partial charge in [0.1, 0.15) is 33.8 Å². The number of aryl methyl sites for hydroxylation is 1. The summed E-state index contributed by atoms with van der Waals surface area (Å²) in [5.74, 6) is 1.03. The first-order valence-corrected chi connectivity index (χ1v) is 26.6. The van der Waals surface area contributed by atoms with E-state index in [0.29, 0.717) is 40.9 Å². The van der Waals surface area contributed by atoms with Crippen molar-refractivity contribution < 1.29 is 22.7 Å². The molecule has 11 aromatic rings. The molecular weight excluding hydrogens is 1030 g/mol. The number of ether oxygens (including phenoxy) is 2. The number of aromatic nitrogens is 4. The maximum absolute atomic E-state index is 14.3. The van der Waals surface area contributed by atoms with Crippen molar-refractivity contribution in [2.45, 2.75) is 51.4 Å². The van der Waals surface area contributed by atoms with E-state index >= 15 is 0 Å². The maximum Gasteiger partial charge on any atom is 0.349 e. The molecule has 15 heteroatoms. The summed E-state index contributed by atoms with van der Waals surface area (Å²) < 4.78 is 30.4. The number of pyridine rings is 2. The first-order valence-electron chi connectivity index (χ1n) is 25.5. The van der Waals surface area contributed by atoms with Gasteiger partial charge >= 0.3 is 11.3 Å². The van der Waals surface area contributed by atoms with Crippen molar-refractivity contribution in [3.8, 4) is 34.4 Å². The van der Waals surface area contributed by atoms with E-state index in [-0.39, 0.29) is 45.3 Å². The average Bonchev–Trinajstić information content (AvgIpc) is 3.99. The summed E-state index contributed by atoms with van der Waals surface area (Å²) >= 11 is 3.67. The van der Waals surface area contributed by atoms with Gasteiger partial charge in [-0.2, -0.15) is 0 Å². The van der Waals surface area contributed by atoms with Crippen LogP contribution in [0.25, 0.3) is 71.2 Å². The normalized spacial score (nSPS) is 12.8. The van der Waals surface area contributed by atoms with Gasteiger partial charge in [-0.25, -0.2) is 14.4 Å². The summed E-state index contributed by atoms with van der Waals surface area (Å²) in [6.07, 6.45) is 13.8.